The van der Waals surface area contributed by atoms with E-state index in [1.54, 1.807) is 6.07 Å². The number of benzene rings is 2. The third kappa shape index (κ3) is 5.79. The Morgan fingerprint density at radius 3 is 2.56 bits per heavy atom. The Labute approximate surface area is 158 Å². The number of nitro benzene ring substituents is 1. The van der Waals surface area contributed by atoms with Crippen molar-refractivity contribution in [1.29, 1.82) is 0 Å². The van der Waals surface area contributed by atoms with E-state index in [0.29, 0.717) is 5.69 Å². The molecule has 140 valence electrons. The molecule has 0 bridgehead atoms. The predicted octanol–water partition coefficient (Wildman–Crippen LogP) is 3.00. The molecule has 2 N–H and O–H groups in total. The number of hydrogen-bond donors (Lipinski definition) is 2. The van der Waals surface area contributed by atoms with Crippen LogP contribution in [0.3, 0.4) is 0 Å². The topological polar surface area (TPSA) is 128 Å². The van der Waals surface area contributed by atoms with Crippen molar-refractivity contribution in [2.75, 3.05) is 17.2 Å². The molecule has 0 saturated heterocycles. The van der Waals surface area contributed by atoms with E-state index < -0.39 is 23.4 Å². The van der Waals surface area contributed by atoms with Crippen LogP contribution in [0.15, 0.2) is 42.5 Å². The molecule has 2 amide bonds. The van der Waals surface area contributed by atoms with E-state index in [1.165, 1.54) is 37.3 Å². The maximum Gasteiger partial charge on any atom is 0.338 e. The molecule has 27 heavy (non-hydrogen) atoms. The molecule has 0 unspecified atom stereocenters. The van der Waals surface area contributed by atoms with Gasteiger partial charge >= 0.3 is 5.97 Å². The van der Waals surface area contributed by atoms with Crippen molar-refractivity contribution in [2.24, 2.45) is 0 Å². The zero-order chi connectivity index (χ0) is 20.0. The Morgan fingerprint density at radius 2 is 1.89 bits per heavy atom. The molecule has 0 aromatic heterocycles. The number of anilines is 2. The van der Waals surface area contributed by atoms with E-state index in [9.17, 15) is 24.5 Å². The monoisotopic (exact) mass is 391 g/mol. The molecule has 0 aliphatic rings. The fourth-order valence-corrected chi connectivity index (χ4v) is 2.27. The van der Waals surface area contributed by atoms with Gasteiger partial charge in [-0.05, 0) is 30.3 Å². The SMILES string of the molecule is CC(=O)Nc1cccc(C(=O)OCC(=O)Nc2cc(Cl)ccc2[N+](=O)[O-])c1. The first-order valence-electron chi connectivity index (χ1n) is 7.55. The molecule has 0 radical (unpaired) electrons. The largest absolute Gasteiger partial charge is 0.452 e. The molecule has 0 aliphatic heterocycles. The van der Waals surface area contributed by atoms with Gasteiger partial charge in [0.2, 0.25) is 5.91 Å². The van der Waals surface area contributed by atoms with Crippen LogP contribution in [0.4, 0.5) is 17.1 Å². The van der Waals surface area contributed by atoms with Crippen molar-refractivity contribution >= 4 is 46.4 Å². The second-order valence-corrected chi connectivity index (χ2v) is 5.74. The number of nitro groups is 1. The van der Waals surface area contributed by atoms with Gasteiger partial charge in [0.05, 0.1) is 10.5 Å². The highest BCUT2D eigenvalue weighted by atomic mass is 35.5. The summed E-state index contributed by atoms with van der Waals surface area (Å²) in [6.45, 7) is 0.664. The first-order chi connectivity index (χ1) is 12.8. The van der Waals surface area contributed by atoms with Crippen LogP contribution in [-0.4, -0.2) is 29.3 Å². The summed E-state index contributed by atoms with van der Waals surface area (Å²) < 4.78 is 4.89. The number of amides is 2. The van der Waals surface area contributed by atoms with E-state index in [4.69, 9.17) is 16.3 Å². The van der Waals surface area contributed by atoms with Crippen molar-refractivity contribution in [3.8, 4) is 0 Å². The van der Waals surface area contributed by atoms with Crippen molar-refractivity contribution in [1.82, 2.24) is 0 Å². The number of hydrogen-bond acceptors (Lipinski definition) is 6. The average molecular weight is 392 g/mol. The van der Waals surface area contributed by atoms with Gasteiger partial charge in [-0.15, -0.1) is 0 Å². The fraction of sp³-hybridized carbons (Fsp3) is 0.118. The smallest absolute Gasteiger partial charge is 0.338 e. The number of rotatable bonds is 6. The first kappa shape index (κ1) is 19.9. The van der Waals surface area contributed by atoms with Gasteiger partial charge in [0.15, 0.2) is 6.61 Å². The third-order valence-electron chi connectivity index (χ3n) is 3.18. The number of carbonyl (C=O) groups is 3. The normalized spacial score (nSPS) is 10.0. The molecule has 2 rings (SSSR count). The number of halogens is 1. The number of carbonyl (C=O) groups excluding carboxylic acids is 3. The van der Waals surface area contributed by atoms with Crippen molar-refractivity contribution in [2.45, 2.75) is 6.92 Å². The average Bonchev–Trinajstić information content (AvgIpc) is 2.59. The van der Waals surface area contributed by atoms with Gasteiger partial charge in [-0.25, -0.2) is 4.79 Å². The zero-order valence-corrected chi connectivity index (χ0v) is 14.8. The zero-order valence-electron chi connectivity index (χ0n) is 14.0. The lowest BCUT2D eigenvalue weighted by molar-refractivity contribution is -0.383. The fourth-order valence-electron chi connectivity index (χ4n) is 2.10. The minimum Gasteiger partial charge on any atom is -0.452 e. The van der Waals surface area contributed by atoms with Crippen molar-refractivity contribution in [3.63, 3.8) is 0 Å². The summed E-state index contributed by atoms with van der Waals surface area (Å²) in [4.78, 5) is 45.3. The number of ether oxygens (including phenoxy) is 1. The molecular formula is C17H14ClN3O6. The Kier molecular flexibility index (Phi) is 6.45. The van der Waals surface area contributed by atoms with Gasteiger partial charge in [0, 0.05) is 23.7 Å². The van der Waals surface area contributed by atoms with Crippen LogP contribution in [0.1, 0.15) is 17.3 Å². The number of esters is 1. The Hall–Kier alpha value is -3.46. The molecule has 0 atom stereocenters. The Bertz CT molecular complexity index is 915. The molecular weight excluding hydrogens is 378 g/mol. The predicted molar refractivity (Wildman–Crippen MR) is 97.8 cm³/mol. The number of nitrogens with zero attached hydrogens (tertiary/aromatic N) is 1. The molecule has 2 aromatic rings. The first-order valence-corrected chi connectivity index (χ1v) is 7.92. The quantitative estimate of drug-likeness (QED) is 0.442. The van der Waals surface area contributed by atoms with Crippen LogP contribution in [0, 0.1) is 10.1 Å². The van der Waals surface area contributed by atoms with Gasteiger partial charge < -0.3 is 15.4 Å². The second kappa shape index (κ2) is 8.77. The summed E-state index contributed by atoms with van der Waals surface area (Å²) in [6.07, 6.45) is 0. The standard InChI is InChI=1S/C17H14ClN3O6/c1-10(22)19-13-4-2-3-11(7-13)17(24)27-9-16(23)20-14-8-12(18)5-6-15(14)21(25)26/h2-8H,9H2,1H3,(H,19,22)(H,20,23). The van der Waals surface area contributed by atoms with E-state index in [2.05, 4.69) is 10.6 Å². The summed E-state index contributed by atoms with van der Waals surface area (Å²) in [7, 11) is 0. The molecule has 0 saturated carbocycles. The summed E-state index contributed by atoms with van der Waals surface area (Å²) >= 11 is 5.77. The van der Waals surface area contributed by atoms with Gasteiger partial charge in [-0.1, -0.05) is 17.7 Å². The van der Waals surface area contributed by atoms with Crippen LogP contribution < -0.4 is 10.6 Å². The molecule has 2 aromatic carbocycles. The highest BCUT2D eigenvalue weighted by Crippen LogP contribution is 2.27. The van der Waals surface area contributed by atoms with Gasteiger partial charge in [-0.2, -0.15) is 0 Å². The van der Waals surface area contributed by atoms with Crippen molar-refractivity contribution < 1.29 is 24.0 Å². The van der Waals surface area contributed by atoms with Gasteiger partial charge in [-0.3, -0.25) is 19.7 Å². The summed E-state index contributed by atoms with van der Waals surface area (Å²) in [5, 5.41) is 16.0. The van der Waals surface area contributed by atoms with Crippen molar-refractivity contribution in [3.05, 3.63) is 63.2 Å². The minimum atomic E-state index is -0.794. The molecule has 9 nitrogen and oxygen atoms in total. The molecule has 0 heterocycles. The minimum absolute atomic E-state index is 0.110. The maximum atomic E-state index is 12.0. The van der Waals surface area contributed by atoms with Crippen LogP contribution in [-0.2, 0) is 14.3 Å². The highest BCUT2D eigenvalue weighted by Gasteiger charge is 2.17. The summed E-state index contributed by atoms with van der Waals surface area (Å²) in [5.74, 6) is -1.87. The summed E-state index contributed by atoms with van der Waals surface area (Å²) in [6, 6.07) is 9.66. The Morgan fingerprint density at radius 1 is 1.15 bits per heavy atom. The maximum absolute atomic E-state index is 12.0. The summed E-state index contributed by atoms with van der Waals surface area (Å²) in [5.41, 5.74) is 0.0713. The Balaban J connectivity index is 2.00. The lowest BCUT2D eigenvalue weighted by Crippen LogP contribution is -2.21. The van der Waals surface area contributed by atoms with Crippen LogP contribution >= 0.6 is 11.6 Å². The van der Waals surface area contributed by atoms with E-state index in [1.807, 2.05) is 0 Å². The molecule has 0 fully saturated rings. The molecule has 0 aliphatic carbocycles. The van der Waals surface area contributed by atoms with Gasteiger partial charge in [0.1, 0.15) is 5.69 Å². The van der Waals surface area contributed by atoms with Gasteiger partial charge in [0.25, 0.3) is 11.6 Å². The van der Waals surface area contributed by atoms with E-state index >= 15 is 0 Å². The lowest BCUT2D eigenvalue weighted by Gasteiger charge is -2.08. The molecule has 10 heteroatoms. The van der Waals surface area contributed by atoms with E-state index in [-0.39, 0.29) is 27.9 Å². The third-order valence-corrected chi connectivity index (χ3v) is 3.42. The van der Waals surface area contributed by atoms with Crippen LogP contribution in [0.5, 0.6) is 0 Å². The number of nitrogens with one attached hydrogen (secondary N) is 2. The van der Waals surface area contributed by atoms with Crippen LogP contribution in [0.25, 0.3) is 0 Å². The molecule has 0 spiro atoms. The lowest BCUT2D eigenvalue weighted by atomic mass is 10.2. The second-order valence-electron chi connectivity index (χ2n) is 5.30. The van der Waals surface area contributed by atoms with Crippen LogP contribution in [0.2, 0.25) is 5.02 Å². The van der Waals surface area contributed by atoms with E-state index in [0.717, 1.165) is 6.07 Å². The highest BCUT2D eigenvalue weighted by molar-refractivity contribution is 6.31.